The maximum atomic E-state index is 13.3. The summed E-state index contributed by atoms with van der Waals surface area (Å²) in [6.07, 6.45) is 0. The molecule has 0 radical (unpaired) electrons. The summed E-state index contributed by atoms with van der Waals surface area (Å²) in [7, 11) is 0. The molecule has 0 spiro atoms. The van der Waals surface area contributed by atoms with E-state index in [1.165, 1.54) is 36.4 Å². The lowest BCUT2D eigenvalue weighted by Crippen LogP contribution is -2.22. The van der Waals surface area contributed by atoms with Gasteiger partial charge < -0.3 is 9.26 Å². The van der Waals surface area contributed by atoms with Crippen LogP contribution in [0.1, 0.15) is 24.2 Å². The minimum absolute atomic E-state index is 0.130. The standard InChI is InChI=1S/C19H19F2N3O2/c1-2-24(11-14-4-3-5-16(21)10-14)12-19-22-18(23-26-19)13-25-17-8-6-15(20)7-9-17/h3-10H,2,11-13H2,1H3. The highest BCUT2D eigenvalue weighted by Gasteiger charge is 2.12. The number of aromatic nitrogens is 2. The topological polar surface area (TPSA) is 51.4 Å². The molecule has 3 rings (SSSR count). The molecule has 0 amide bonds. The van der Waals surface area contributed by atoms with E-state index in [1.54, 1.807) is 6.07 Å². The highest BCUT2D eigenvalue weighted by atomic mass is 19.1. The third-order valence-corrected chi connectivity index (χ3v) is 3.79. The average molecular weight is 359 g/mol. The van der Waals surface area contributed by atoms with Gasteiger partial charge in [0.15, 0.2) is 6.61 Å². The van der Waals surface area contributed by atoms with Gasteiger partial charge in [-0.25, -0.2) is 8.78 Å². The summed E-state index contributed by atoms with van der Waals surface area (Å²) >= 11 is 0. The van der Waals surface area contributed by atoms with Crippen molar-refractivity contribution >= 4 is 0 Å². The van der Waals surface area contributed by atoms with E-state index in [1.807, 2.05) is 13.0 Å². The van der Waals surface area contributed by atoms with Gasteiger partial charge >= 0.3 is 0 Å². The van der Waals surface area contributed by atoms with Crippen LogP contribution in [0.25, 0.3) is 0 Å². The summed E-state index contributed by atoms with van der Waals surface area (Å²) in [4.78, 5) is 6.36. The van der Waals surface area contributed by atoms with Gasteiger partial charge in [-0.05, 0) is 48.5 Å². The SMILES string of the molecule is CCN(Cc1cccc(F)c1)Cc1nc(COc2ccc(F)cc2)no1. The van der Waals surface area contributed by atoms with E-state index >= 15 is 0 Å². The lowest BCUT2D eigenvalue weighted by atomic mass is 10.2. The van der Waals surface area contributed by atoms with Crippen LogP contribution in [-0.4, -0.2) is 21.6 Å². The van der Waals surface area contributed by atoms with Crippen LogP contribution in [0.15, 0.2) is 53.1 Å². The summed E-state index contributed by atoms with van der Waals surface area (Å²) < 4.78 is 36.9. The molecule has 3 aromatic rings. The fourth-order valence-corrected chi connectivity index (χ4v) is 2.46. The summed E-state index contributed by atoms with van der Waals surface area (Å²) in [6.45, 7) is 3.92. The first-order valence-electron chi connectivity index (χ1n) is 8.29. The molecule has 26 heavy (non-hydrogen) atoms. The minimum atomic E-state index is -0.322. The van der Waals surface area contributed by atoms with Crippen molar-refractivity contribution in [3.8, 4) is 5.75 Å². The van der Waals surface area contributed by atoms with Gasteiger partial charge in [0, 0.05) is 6.54 Å². The van der Waals surface area contributed by atoms with Crippen molar-refractivity contribution in [2.24, 2.45) is 0 Å². The molecule has 0 unspecified atom stereocenters. The molecule has 7 heteroatoms. The van der Waals surface area contributed by atoms with E-state index in [2.05, 4.69) is 15.0 Å². The largest absolute Gasteiger partial charge is 0.485 e. The molecule has 0 N–H and O–H groups in total. The molecule has 1 heterocycles. The van der Waals surface area contributed by atoms with Crippen molar-refractivity contribution in [2.45, 2.75) is 26.6 Å². The number of nitrogens with zero attached hydrogens (tertiary/aromatic N) is 3. The monoisotopic (exact) mass is 359 g/mol. The van der Waals surface area contributed by atoms with E-state index < -0.39 is 0 Å². The van der Waals surface area contributed by atoms with Crippen molar-refractivity contribution in [1.82, 2.24) is 15.0 Å². The summed E-state index contributed by atoms with van der Waals surface area (Å²) in [6, 6.07) is 12.2. The average Bonchev–Trinajstić information content (AvgIpc) is 3.08. The molecule has 2 aromatic carbocycles. The van der Waals surface area contributed by atoms with E-state index in [4.69, 9.17) is 9.26 Å². The Hall–Kier alpha value is -2.80. The predicted molar refractivity (Wildman–Crippen MR) is 91.2 cm³/mol. The lowest BCUT2D eigenvalue weighted by molar-refractivity contribution is 0.227. The van der Waals surface area contributed by atoms with Crippen LogP contribution in [0.3, 0.4) is 0 Å². The molecule has 0 fully saturated rings. The van der Waals surface area contributed by atoms with Crippen LogP contribution < -0.4 is 4.74 Å². The molecule has 0 aliphatic carbocycles. The second kappa shape index (κ2) is 8.53. The van der Waals surface area contributed by atoms with Crippen LogP contribution >= 0.6 is 0 Å². The first-order chi connectivity index (χ1) is 12.6. The van der Waals surface area contributed by atoms with E-state index in [-0.39, 0.29) is 18.2 Å². The molecule has 0 saturated carbocycles. The Kier molecular flexibility index (Phi) is 5.91. The summed E-state index contributed by atoms with van der Waals surface area (Å²) in [5.74, 6) is 0.819. The molecular weight excluding hydrogens is 340 g/mol. The normalized spacial score (nSPS) is 11.1. The Morgan fingerprint density at radius 1 is 1.04 bits per heavy atom. The second-order valence-corrected chi connectivity index (χ2v) is 5.78. The van der Waals surface area contributed by atoms with Gasteiger partial charge in [-0.15, -0.1) is 0 Å². The highest BCUT2D eigenvalue weighted by Crippen LogP contribution is 2.14. The number of hydrogen-bond donors (Lipinski definition) is 0. The quantitative estimate of drug-likeness (QED) is 0.610. The number of halogens is 2. The van der Waals surface area contributed by atoms with Crippen molar-refractivity contribution in [3.05, 3.63) is 77.4 Å². The third-order valence-electron chi connectivity index (χ3n) is 3.79. The molecule has 0 aliphatic rings. The molecule has 0 bridgehead atoms. The number of rotatable bonds is 8. The van der Waals surface area contributed by atoms with Gasteiger partial charge in [0.2, 0.25) is 11.7 Å². The first kappa shape index (κ1) is 18.0. The fourth-order valence-electron chi connectivity index (χ4n) is 2.46. The van der Waals surface area contributed by atoms with Crippen LogP contribution in [0.2, 0.25) is 0 Å². The van der Waals surface area contributed by atoms with Gasteiger partial charge in [0.05, 0.1) is 6.54 Å². The summed E-state index contributed by atoms with van der Waals surface area (Å²) in [5.41, 5.74) is 0.881. The molecule has 0 atom stereocenters. The Balaban J connectivity index is 1.55. The van der Waals surface area contributed by atoms with Gasteiger partial charge in [-0.1, -0.05) is 24.2 Å². The minimum Gasteiger partial charge on any atom is -0.485 e. The van der Waals surface area contributed by atoms with Crippen LogP contribution in [0.4, 0.5) is 8.78 Å². The molecule has 1 aromatic heterocycles. The maximum absolute atomic E-state index is 13.3. The van der Waals surface area contributed by atoms with Crippen molar-refractivity contribution < 1.29 is 18.0 Å². The zero-order valence-corrected chi connectivity index (χ0v) is 14.4. The Bertz CT molecular complexity index is 837. The smallest absolute Gasteiger partial charge is 0.240 e. The van der Waals surface area contributed by atoms with Crippen molar-refractivity contribution in [3.63, 3.8) is 0 Å². The molecule has 0 saturated heterocycles. The molecule has 0 aliphatic heterocycles. The molecular formula is C19H19F2N3O2. The zero-order chi connectivity index (χ0) is 18.4. The maximum Gasteiger partial charge on any atom is 0.240 e. The van der Waals surface area contributed by atoms with Crippen molar-refractivity contribution in [2.75, 3.05) is 6.54 Å². The Morgan fingerprint density at radius 3 is 2.58 bits per heavy atom. The van der Waals surface area contributed by atoms with Gasteiger partial charge in [-0.2, -0.15) is 4.98 Å². The second-order valence-electron chi connectivity index (χ2n) is 5.78. The summed E-state index contributed by atoms with van der Waals surface area (Å²) in [5, 5.41) is 3.89. The van der Waals surface area contributed by atoms with E-state index in [0.29, 0.717) is 30.6 Å². The van der Waals surface area contributed by atoms with Crippen molar-refractivity contribution in [1.29, 1.82) is 0 Å². The number of ether oxygens (including phenoxy) is 1. The number of benzene rings is 2. The lowest BCUT2D eigenvalue weighted by Gasteiger charge is -2.18. The molecule has 136 valence electrons. The Labute approximate surface area is 150 Å². The zero-order valence-electron chi connectivity index (χ0n) is 14.4. The first-order valence-corrected chi connectivity index (χ1v) is 8.29. The Morgan fingerprint density at radius 2 is 1.85 bits per heavy atom. The van der Waals surface area contributed by atoms with Gasteiger partial charge in [0.25, 0.3) is 0 Å². The number of hydrogen-bond acceptors (Lipinski definition) is 5. The van der Waals surface area contributed by atoms with Crippen LogP contribution in [-0.2, 0) is 19.7 Å². The fraction of sp³-hybridized carbons (Fsp3) is 0.263. The van der Waals surface area contributed by atoms with Gasteiger partial charge in [-0.3, -0.25) is 4.90 Å². The van der Waals surface area contributed by atoms with Crippen LogP contribution in [0.5, 0.6) is 5.75 Å². The predicted octanol–water partition coefficient (Wildman–Crippen LogP) is 3.95. The third kappa shape index (κ3) is 5.10. The molecule has 5 nitrogen and oxygen atoms in total. The van der Waals surface area contributed by atoms with Crippen LogP contribution in [0, 0.1) is 11.6 Å². The highest BCUT2D eigenvalue weighted by molar-refractivity contribution is 5.22. The van der Waals surface area contributed by atoms with E-state index in [9.17, 15) is 8.78 Å². The van der Waals surface area contributed by atoms with Gasteiger partial charge in [0.1, 0.15) is 17.4 Å². The van der Waals surface area contributed by atoms with E-state index in [0.717, 1.165) is 12.1 Å².